The van der Waals surface area contributed by atoms with Crippen LogP contribution in [0.25, 0.3) is 22.6 Å². The number of phenols is 1. The van der Waals surface area contributed by atoms with Crippen LogP contribution in [0, 0.1) is 37.5 Å². The van der Waals surface area contributed by atoms with Gasteiger partial charge in [-0.15, -0.1) is 0 Å². The summed E-state index contributed by atoms with van der Waals surface area (Å²) >= 11 is 6.44. The van der Waals surface area contributed by atoms with Gasteiger partial charge in [0.2, 0.25) is 29.5 Å². The van der Waals surface area contributed by atoms with Crippen molar-refractivity contribution in [1.82, 2.24) is 4.98 Å². The number of phenolic OH excluding ortho intramolecular Hbond substituents is 1. The average Bonchev–Trinajstić information content (AvgIpc) is 3.84. The van der Waals surface area contributed by atoms with Gasteiger partial charge in [-0.3, -0.25) is 24.1 Å². The van der Waals surface area contributed by atoms with E-state index in [9.17, 15) is 14.7 Å². The molecule has 2 saturated heterocycles. The lowest BCUT2D eigenvalue weighted by molar-refractivity contribution is -0.127. The number of hydrogen-bond acceptors (Lipinski definition) is 7. The first-order chi connectivity index (χ1) is 27.6. The van der Waals surface area contributed by atoms with Crippen molar-refractivity contribution in [3.8, 4) is 17.2 Å². The number of fused-ring (bicyclic) bond motifs is 5. The number of oxazole rings is 1. The maximum Gasteiger partial charge on any atom is 0.246 e. The van der Waals surface area contributed by atoms with Gasteiger partial charge in [-0.25, -0.2) is 9.88 Å². The normalized spacial score (nSPS) is 25.5. The molecule has 0 radical (unpaired) electrons. The van der Waals surface area contributed by atoms with E-state index < -0.39 is 35.0 Å². The molecule has 10 heteroatoms. The van der Waals surface area contributed by atoms with Crippen LogP contribution >= 0.6 is 11.6 Å². The van der Waals surface area contributed by atoms with Crippen molar-refractivity contribution in [3.05, 3.63) is 154 Å². The molecule has 3 fully saturated rings. The van der Waals surface area contributed by atoms with Gasteiger partial charge >= 0.3 is 0 Å². The number of nitrogens with zero attached hydrogens (tertiary/aromatic N) is 3. The molecule has 9 nitrogen and oxygen atoms in total. The number of carbonyl (C=O) groups is 4. The van der Waals surface area contributed by atoms with E-state index in [1.54, 1.807) is 48.5 Å². The van der Waals surface area contributed by atoms with Crippen LogP contribution in [0.4, 0.5) is 11.4 Å². The van der Waals surface area contributed by atoms with Gasteiger partial charge < -0.3 is 9.52 Å². The molecule has 0 spiro atoms. The number of para-hydroxylation sites is 2. The predicted molar refractivity (Wildman–Crippen MR) is 216 cm³/mol. The molecule has 6 atom stereocenters. The number of amides is 4. The van der Waals surface area contributed by atoms with E-state index in [1.165, 1.54) is 9.80 Å². The SMILES string of the molecule is Cc1cc([C@H]2C3=CC[C@@H]4C(=O)N(c5ccc(-c6nc7ccccc7o6)cc5)C(=O)[C@@H]4[C@@H]3C[C@H]3C(=O)N(c4cccc(Cl)c4)C(=O)[C@@]23c2ccccc2)cc(C)c1O. The van der Waals surface area contributed by atoms with E-state index in [1.807, 2.05) is 86.7 Å². The lowest BCUT2D eigenvalue weighted by Gasteiger charge is -2.51. The van der Waals surface area contributed by atoms with E-state index in [0.717, 1.165) is 16.7 Å². The third-order valence-electron chi connectivity index (χ3n) is 12.7. The number of imide groups is 2. The minimum absolute atomic E-state index is 0.151. The molecule has 5 aromatic carbocycles. The Morgan fingerprint density at radius 2 is 1.47 bits per heavy atom. The highest BCUT2D eigenvalue weighted by Crippen LogP contribution is 2.65. The molecular formula is C47H36ClN3O6. The van der Waals surface area contributed by atoms with Gasteiger partial charge in [0.25, 0.3) is 0 Å². The zero-order valence-electron chi connectivity index (χ0n) is 31.1. The summed E-state index contributed by atoms with van der Waals surface area (Å²) in [4.78, 5) is 66.8. The summed E-state index contributed by atoms with van der Waals surface area (Å²) in [5.41, 5.74) is 5.04. The second-order valence-electron chi connectivity index (χ2n) is 15.6. The molecular weight excluding hydrogens is 738 g/mol. The monoisotopic (exact) mass is 773 g/mol. The first kappa shape index (κ1) is 35.1. The fourth-order valence-corrected chi connectivity index (χ4v) is 10.5. The van der Waals surface area contributed by atoms with Gasteiger partial charge in [0.15, 0.2) is 5.58 Å². The van der Waals surface area contributed by atoms with E-state index in [2.05, 4.69) is 4.98 Å². The average molecular weight is 774 g/mol. The van der Waals surface area contributed by atoms with E-state index in [-0.39, 0.29) is 35.8 Å². The number of aromatic hydroxyl groups is 1. The number of benzene rings is 5. The Morgan fingerprint density at radius 3 is 2.19 bits per heavy atom. The molecule has 0 bridgehead atoms. The van der Waals surface area contributed by atoms with Crippen molar-refractivity contribution < 1.29 is 28.7 Å². The van der Waals surface area contributed by atoms with Crippen LogP contribution < -0.4 is 9.80 Å². The third-order valence-corrected chi connectivity index (χ3v) is 12.9. The summed E-state index contributed by atoms with van der Waals surface area (Å²) in [6, 6.07) is 34.5. The minimum atomic E-state index is -1.41. The molecule has 4 amide bonds. The Kier molecular flexibility index (Phi) is 7.92. The fourth-order valence-electron chi connectivity index (χ4n) is 10.3. The summed E-state index contributed by atoms with van der Waals surface area (Å²) in [6.07, 6.45) is 2.51. The summed E-state index contributed by atoms with van der Waals surface area (Å²) in [5.74, 6) is -4.32. The Bertz CT molecular complexity index is 2670. The highest BCUT2D eigenvalue weighted by atomic mass is 35.5. The number of hydrogen-bond donors (Lipinski definition) is 1. The topological polar surface area (TPSA) is 121 Å². The molecule has 1 aromatic heterocycles. The highest BCUT2D eigenvalue weighted by Gasteiger charge is 2.70. The van der Waals surface area contributed by atoms with Crippen molar-refractivity contribution in [2.75, 3.05) is 9.80 Å². The Morgan fingerprint density at radius 1 is 0.754 bits per heavy atom. The number of rotatable bonds is 5. The number of anilines is 2. The van der Waals surface area contributed by atoms with Crippen LogP contribution in [-0.4, -0.2) is 33.7 Å². The summed E-state index contributed by atoms with van der Waals surface area (Å²) < 4.78 is 5.96. The first-order valence-electron chi connectivity index (χ1n) is 19.1. The number of halogens is 1. The van der Waals surface area contributed by atoms with Crippen LogP contribution in [0.2, 0.25) is 5.02 Å². The summed E-state index contributed by atoms with van der Waals surface area (Å²) in [5, 5.41) is 11.3. The molecule has 10 rings (SSSR count). The maximum absolute atomic E-state index is 15.5. The van der Waals surface area contributed by atoms with Crippen LogP contribution in [-0.2, 0) is 24.6 Å². The second-order valence-corrected chi connectivity index (χ2v) is 16.1. The summed E-state index contributed by atoms with van der Waals surface area (Å²) in [7, 11) is 0. The first-order valence-corrected chi connectivity index (χ1v) is 19.5. The number of aryl methyl sites for hydroxylation is 2. The van der Waals surface area contributed by atoms with Crippen molar-refractivity contribution in [2.24, 2.45) is 23.7 Å². The van der Waals surface area contributed by atoms with Crippen molar-refractivity contribution in [2.45, 2.75) is 38.0 Å². The van der Waals surface area contributed by atoms with E-state index in [4.69, 9.17) is 16.0 Å². The molecule has 6 aromatic rings. The van der Waals surface area contributed by atoms with Gasteiger partial charge in [-0.1, -0.05) is 83.9 Å². The Labute approximate surface area is 333 Å². The molecule has 0 unspecified atom stereocenters. The lowest BCUT2D eigenvalue weighted by atomic mass is 9.49. The molecule has 3 heterocycles. The number of aromatic nitrogens is 1. The predicted octanol–water partition coefficient (Wildman–Crippen LogP) is 8.84. The van der Waals surface area contributed by atoms with E-state index in [0.29, 0.717) is 56.5 Å². The third kappa shape index (κ3) is 5.04. The maximum atomic E-state index is 15.5. The van der Waals surface area contributed by atoms with Gasteiger partial charge in [0.1, 0.15) is 11.3 Å². The van der Waals surface area contributed by atoms with Crippen LogP contribution in [0.1, 0.15) is 41.0 Å². The van der Waals surface area contributed by atoms with E-state index >= 15 is 9.59 Å². The zero-order chi connectivity index (χ0) is 39.3. The standard InChI is InChI=1S/C47H36ClN3O6/c1-25-21-28(22-26(2)41(25)52)40-33-19-20-34-39(45(55)50(43(34)53)31-17-15-27(16-18-31)42-49-37-13-6-7-14-38(37)57-42)35(33)24-36-44(54)51(32-12-8-11-30(48)23-32)46(56)47(36,40)29-9-4-3-5-10-29/h3-19,21-23,34-36,39-40,52H,20,24H2,1-2H3/t34-,35+,36-,39-,40-,47+/m0/s1. The largest absolute Gasteiger partial charge is 0.507 e. The van der Waals surface area contributed by atoms with Crippen LogP contribution in [0.15, 0.2) is 131 Å². The minimum Gasteiger partial charge on any atom is -0.507 e. The fraction of sp³-hybridized carbons (Fsp3) is 0.213. The van der Waals surface area contributed by atoms with Gasteiger partial charge in [-0.05, 0) is 109 Å². The van der Waals surface area contributed by atoms with Crippen molar-refractivity contribution in [3.63, 3.8) is 0 Å². The van der Waals surface area contributed by atoms with Crippen LogP contribution in [0.5, 0.6) is 5.75 Å². The molecule has 1 N–H and O–H groups in total. The molecule has 57 heavy (non-hydrogen) atoms. The second kappa shape index (κ2) is 12.9. The molecule has 1 saturated carbocycles. The van der Waals surface area contributed by atoms with Crippen LogP contribution in [0.3, 0.4) is 0 Å². The Hall–Kier alpha value is -6.32. The quantitative estimate of drug-likeness (QED) is 0.137. The molecule has 282 valence electrons. The molecule has 2 aliphatic heterocycles. The number of allylic oxidation sites excluding steroid dienone is 2. The van der Waals surface area contributed by atoms with Gasteiger partial charge in [0.05, 0.1) is 34.5 Å². The van der Waals surface area contributed by atoms with Gasteiger partial charge in [0, 0.05) is 16.5 Å². The zero-order valence-corrected chi connectivity index (χ0v) is 31.8. The molecule has 2 aliphatic carbocycles. The van der Waals surface area contributed by atoms with Crippen molar-refractivity contribution in [1.29, 1.82) is 0 Å². The van der Waals surface area contributed by atoms with Gasteiger partial charge in [-0.2, -0.15) is 0 Å². The molecule has 4 aliphatic rings. The Balaban J connectivity index is 1.10. The smallest absolute Gasteiger partial charge is 0.246 e. The summed E-state index contributed by atoms with van der Waals surface area (Å²) in [6.45, 7) is 3.63. The lowest BCUT2D eigenvalue weighted by Crippen LogP contribution is -2.53. The van der Waals surface area contributed by atoms with Crippen molar-refractivity contribution >= 4 is 57.7 Å². The highest BCUT2D eigenvalue weighted by molar-refractivity contribution is 6.32. The number of carbonyl (C=O) groups excluding carboxylic acids is 4.